The van der Waals surface area contributed by atoms with Crippen LogP contribution >= 0.6 is 0 Å². The monoisotopic (exact) mass is 403 g/mol. The van der Waals surface area contributed by atoms with Gasteiger partial charge in [-0.05, 0) is 51.8 Å². The molecule has 0 atom stereocenters. The van der Waals surface area contributed by atoms with Gasteiger partial charge in [0, 0.05) is 35.8 Å². The van der Waals surface area contributed by atoms with Gasteiger partial charge in [0.1, 0.15) is 5.60 Å². The molecule has 2 rings (SSSR count). The molecule has 7 nitrogen and oxygen atoms in total. The lowest BCUT2D eigenvalue weighted by Gasteiger charge is -2.33. The van der Waals surface area contributed by atoms with E-state index in [1.54, 1.807) is 29.2 Å². The SMILES string of the molecule is CC(C)(C)OC(=O)N1CCC(NC(=O)c2cccc(NC(=O)C(C)(C)C)c2)CC1. The summed E-state index contributed by atoms with van der Waals surface area (Å²) in [6.07, 6.45) is 1.03. The minimum atomic E-state index is -0.518. The van der Waals surface area contributed by atoms with Gasteiger partial charge >= 0.3 is 6.09 Å². The molecule has 1 aromatic rings. The molecule has 0 aliphatic carbocycles. The number of amides is 3. The quantitative estimate of drug-likeness (QED) is 0.803. The van der Waals surface area contributed by atoms with Crippen molar-refractivity contribution in [2.24, 2.45) is 5.41 Å². The molecule has 1 fully saturated rings. The van der Waals surface area contributed by atoms with Crippen molar-refractivity contribution in [3.8, 4) is 0 Å². The first-order valence-electron chi connectivity index (χ1n) is 10.1. The molecule has 0 unspecified atom stereocenters. The van der Waals surface area contributed by atoms with Gasteiger partial charge in [-0.2, -0.15) is 0 Å². The summed E-state index contributed by atoms with van der Waals surface area (Å²) in [5, 5.41) is 5.86. The maximum Gasteiger partial charge on any atom is 0.410 e. The third-order valence-electron chi connectivity index (χ3n) is 4.55. The lowest BCUT2D eigenvalue weighted by Crippen LogP contribution is -2.47. The number of likely N-dealkylation sites (tertiary alicyclic amines) is 1. The van der Waals surface area contributed by atoms with Gasteiger partial charge in [0.05, 0.1) is 0 Å². The number of nitrogens with zero attached hydrogens (tertiary/aromatic N) is 1. The van der Waals surface area contributed by atoms with Crippen LogP contribution in [0, 0.1) is 5.41 Å². The summed E-state index contributed by atoms with van der Waals surface area (Å²) in [5.41, 5.74) is 0.0549. The van der Waals surface area contributed by atoms with E-state index >= 15 is 0 Å². The molecule has 0 aromatic heterocycles. The second kappa shape index (κ2) is 8.84. The summed E-state index contributed by atoms with van der Waals surface area (Å²) in [6.45, 7) is 12.1. The highest BCUT2D eigenvalue weighted by atomic mass is 16.6. The van der Waals surface area contributed by atoms with E-state index in [9.17, 15) is 14.4 Å². The van der Waals surface area contributed by atoms with E-state index in [1.165, 1.54) is 0 Å². The normalized spacial score (nSPS) is 15.6. The van der Waals surface area contributed by atoms with Crippen molar-refractivity contribution >= 4 is 23.6 Å². The average Bonchev–Trinajstić information content (AvgIpc) is 2.60. The van der Waals surface area contributed by atoms with Crippen LogP contribution in [0.3, 0.4) is 0 Å². The van der Waals surface area contributed by atoms with Gasteiger partial charge in [0.15, 0.2) is 0 Å². The molecule has 0 spiro atoms. The third kappa shape index (κ3) is 7.07. The molecule has 0 radical (unpaired) electrons. The molecule has 1 aromatic carbocycles. The van der Waals surface area contributed by atoms with Crippen LogP contribution in [0.25, 0.3) is 0 Å². The maximum absolute atomic E-state index is 12.6. The number of hydrogen-bond acceptors (Lipinski definition) is 4. The Hall–Kier alpha value is -2.57. The van der Waals surface area contributed by atoms with Gasteiger partial charge in [-0.3, -0.25) is 9.59 Å². The zero-order valence-corrected chi connectivity index (χ0v) is 18.3. The standard InChI is InChI=1S/C22H33N3O4/c1-21(2,3)19(27)24-17-9-7-8-15(14-17)18(26)23-16-10-12-25(13-11-16)20(28)29-22(4,5)6/h7-9,14,16H,10-13H2,1-6H3,(H,23,26)(H,24,27). The summed E-state index contributed by atoms with van der Waals surface area (Å²) < 4.78 is 5.40. The van der Waals surface area contributed by atoms with E-state index in [1.807, 2.05) is 41.5 Å². The number of hydrogen-bond donors (Lipinski definition) is 2. The Morgan fingerprint density at radius 2 is 1.66 bits per heavy atom. The Labute approximate surface area is 173 Å². The maximum atomic E-state index is 12.6. The average molecular weight is 404 g/mol. The number of piperidine rings is 1. The molecular formula is C22H33N3O4. The lowest BCUT2D eigenvalue weighted by atomic mass is 9.95. The van der Waals surface area contributed by atoms with Crippen molar-refractivity contribution in [3.05, 3.63) is 29.8 Å². The number of anilines is 1. The molecule has 1 aliphatic rings. The first-order valence-corrected chi connectivity index (χ1v) is 10.1. The highest BCUT2D eigenvalue weighted by Gasteiger charge is 2.28. The van der Waals surface area contributed by atoms with Crippen molar-refractivity contribution in [2.45, 2.75) is 66.0 Å². The van der Waals surface area contributed by atoms with Crippen LogP contribution in [-0.2, 0) is 9.53 Å². The van der Waals surface area contributed by atoms with Crippen LogP contribution in [0.4, 0.5) is 10.5 Å². The Bertz CT molecular complexity index is 754. The van der Waals surface area contributed by atoms with Gasteiger partial charge < -0.3 is 20.3 Å². The first-order chi connectivity index (χ1) is 13.3. The molecule has 0 bridgehead atoms. The molecular weight excluding hydrogens is 370 g/mol. The number of ether oxygens (including phenoxy) is 1. The smallest absolute Gasteiger partial charge is 0.410 e. The molecule has 1 aliphatic heterocycles. The highest BCUT2D eigenvalue weighted by Crippen LogP contribution is 2.19. The molecule has 29 heavy (non-hydrogen) atoms. The van der Waals surface area contributed by atoms with Gasteiger partial charge in [0.2, 0.25) is 5.91 Å². The van der Waals surface area contributed by atoms with Crippen LogP contribution in [0.5, 0.6) is 0 Å². The fraction of sp³-hybridized carbons (Fsp3) is 0.591. The van der Waals surface area contributed by atoms with E-state index in [-0.39, 0.29) is 23.9 Å². The van der Waals surface area contributed by atoms with Crippen LogP contribution in [0.1, 0.15) is 64.7 Å². The zero-order valence-electron chi connectivity index (χ0n) is 18.3. The van der Waals surface area contributed by atoms with Crippen molar-refractivity contribution in [1.82, 2.24) is 10.2 Å². The molecule has 7 heteroatoms. The van der Waals surface area contributed by atoms with Crippen LogP contribution < -0.4 is 10.6 Å². The number of carbonyl (C=O) groups excluding carboxylic acids is 3. The van der Waals surface area contributed by atoms with Crippen LogP contribution in [0.2, 0.25) is 0 Å². The predicted molar refractivity (Wildman–Crippen MR) is 113 cm³/mol. The summed E-state index contributed by atoms with van der Waals surface area (Å²) in [4.78, 5) is 38.6. The van der Waals surface area contributed by atoms with Gasteiger partial charge in [-0.1, -0.05) is 26.8 Å². The summed E-state index contributed by atoms with van der Waals surface area (Å²) in [5.74, 6) is -0.294. The van der Waals surface area contributed by atoms with E-state index in [4.69, 9.17) is 4.74 Å². The fourth-order valence-corrected chi connectivity index (χ4v) is 2.86. The van der Waals surface area contributed by atoms with Crippen LogP contribution in [0.15, 0.2) is 24.3 Å². The highest BCUT2D eigenvalue weighted by molar-refractivity contribution is 5.98. The lowest BCUT2D eigenvalue weighted by molar-refractivity contribution is -0.123. The third-order valence-corrected chi connectivity index (χ3v) is 4.55. The summed E-state index contributed by atoms with van der Waals surface area (Å²) >= 11 is 0. The molecule has 2 N–H and O–H groups in total. The van der Waals surface area contributed by atoms with E-state index in [0.29, 0.717) is 37.2 Å². The minimum absolute atomic E-state index is 0.00555. The van der Waals surface area contributed by atoms with Crippen molar-refractivity contribution in [3.63, 3.8) is 0 Å². The van der Waals surface area contributed by atoms with E-state index in [0.717, 1.165) is 0 Å². The Morgan fingerprint density at radius 1 is 1.03 bits per heavy atom. The van der Waals surface area contributed by atoms with Crippen LogP contribution in [-0.4, -0.2) is 47.5 Å². The minimum Gasteiger partial charge on any atom is -0.444 e. The number of rotatable bonds is 3. The second-order valence-corrected chi connectivity index (χ2v) is 9.50. The van der Waals surface area contributed by atoms with E-state index in [2.05, 4.69) is 10.6 Å². The largest absolute Gasteiger partial charge is 0.444 e. The Kier molecular flexibility index (Phi) is 6.93. The summed E-state index contributed by atoms with van der Waals surface area (Å²) in [6, 6.07) is 6.90. The van der Waals surface area contributed by atoms with Crippen molar-refractivity contribution < 1.29 is 19.1 Å². The zero-order chi connectivity index (χ0) is 21.8. The topological polar surface area (TPSA) is 87.7 Å². The van der Waals surface area contributed by atoms with Gasteiger partial charge in [-0.25, -0.2) is 4.79 Å². The van der Waals surface area contributed by atoms with E-state index < -0.39 is 11.0 Å². The fourth-order valence-electron chi connectivity index (χ4n) is 2.86. The molecule has 1 heterocycles. The van der Waals surface area contributed by atoms with Crippen molar-refractivity contribution in [2.75, 3.05) is 18.4 Å². The molecule has 3 amide bonds. The second-order valence-electron chi connectivity index (χ2n) is 9.50. The first kappa shape index (κ1) is 22.7. The number of carbonyl (C=O) groups is 3. The Morgan fingerprint density at radius 3 is 2.21 bits per heavy atom. The molecule has 0 saturated carbocycles. The van der Waals surface area contributed by atoms with Crippen molar-refractivity contribution in [1.29, 1.82) is 0 Å². The predicted octanol–water partition coefficient (Wildman–Crippen LogP) is 3.80. The number of benzene rings is 1. The molecule has 1 saturated heterocycles. The number of nitrogens with one attached hydrogen (secondary N) is 2. The Balaban J connectivity index is 1.89. The summed E-state index contributed by atoms with van der Waals surface area (Å²) in [7, 11) is 0. The van der Waals surface area contributed by atoms with Gasteiger partial charge in [-0.15, -0.1) is 0 Å². The van der Waals surface area contributed by atoms with Gasteiger partial charge in [0.25, 0.3) is 5.91 Å². The molecule has 160 valence electrons.